The van der Waals surface area contributed by atoms with Crippen LogP contribution in [0.2, 0.25) is 0 Å². The molecule has 0 radical (unpaired) electrons. The van der Waals surface area contributed by atoms with Crippen molar-refractivity contribution in [3.05, 3.63) is 0 Å². The molecule has 0 bridgehead atoms. The van der Waals surface area contributed by atoms with Crippen LogP contribution in [0.5, 0.6) is 0 Å². The summed E-state index contributed by atoms with van der Waals surface area (Å²) in [5.41, 5.74) is 1.66. The van der Waals surface area contributed by atoms with Crippen LogP contribution >= 0.6 is 0 Å². The third-order valence-electron chi connectivity index (χ3n) is 1.92. The molecule has 0 aliphatic rings. The van der Waals surface area contributed by atoms with Crippen LogP contribution in [0.1, 0.15) is 27.7 Å². The maximum absolute atomic E-state index is 11.3. The Morgan fingerprint density at radius 2 is 1.12 bits per heavy atom. The van der Waals surface area contributed by atoms with Gasteiger partial charge in [-0.1, -0.05) is 0 Å². The molecule has 16 heavy (non-hydrogen) atoms. The van der Waals surface area contributed by atoms with Crippen molar-refractivity contribution < 1.29 is 9.59 Å². The van der Waals surface area contributed by atoms with Gasteiger partial charge in [0.1, 0.15) is 0 Å². The zero-order valence-corrected chi connectivity index (χ0v) is 9.87. The Bertz CT molecular complexity index is 280. The van der Waals surface area contributed by atoms with Gasteiger partial charge in [0.2, 0.25) is 0 Å². The third-order valence-corrected chi connectivity index (χ3v) is 1.92. The number of carbonyl (C=O) groups is 2. The Kier molecular flexibility index (Phi) is 4.51. The van der Waals surface area contributed by atoms with Crippen LogP contribution in [0.15, 0.2) is 10.2 Å². The average Bonchev–Trinajstić information content (AvgIpc) is 2.24. The quantitative estimate of drug-likeness (QED) is 0.212. The van der Waals surface area contributed by atoms with Gasteiger partial charge in [-0.05, 0) is 27.7 Å². The van der Waals surface area contributed by atoms with Gasteiger partial charge in [-0.25, -0.2) is 11.7 Å². The van der Waals surface area contributed by atoms with Crippen LogP contribution in [0.3, 0.4) is 0 Å². The van der Waals surface area contributed by atoms with Crippen LogP contribution in [-0.4, -0.2) is 22.9 Å². The van der Waals surface area contributed by atoms with Gasteiger partial charge in [0, 0.05) is 0 Å². The van der Waals surface area contributed by atoms with E-state index in [4.69, 9.17) is 11.7 Å². The minimum Gasteiger partial charge on any atom is -0.292 e. The lowest BCUT2D eigenvalue weighted by Gasteiger charge is -2.20. The molecule has 0 unspecified atom stereocenters. The molecule has 0 spiro atoms. The fraction of sp³-hybridized carbons (Fsp3) is 0.750. The molecule has 6 N–H and O–H groups in total. The fourth-order valence-corrected chi connectivity index (χ4v) is 0.694. The number of hydrogen-bond acceptors (Lipinski definition) is 6. The molecule has 92 valence electrons. The van der Waals surface area contributed by atoms with Gasteiger partial charge >= 0.3 is 0 Å². The van der Waals surface area contributed by atoms with E-state index >= 15 is 0 Å². The Morgan fingerprint density at radius 1 is 0.875 bits per heavy atom. The Morgan fingerprint density at radius 3 is 1.31 bits per heavy atom. The van der Waals surface area contributed by atoms with Crippen molar-refractivity contribution in [1.82, 2.24) is 10.9 Å². The molecule has 8 nitrogen and oxygen atoms in total. The largest absolute Gasteiger partial charge is 0.292 e. The first-order valence-electron chi connectivity index (χ1n) is 4.63. The summed E-state index contributed by atoms with van der Waals surface area (Å²) in [6.45, 7) is 6.09. The molecular weight excluding hydrogens is 212 g/mol. The minimum atomic E-state index is -1.14. The summed E-state index contributed by atoms with van der Waals surface area (Å²) in [5.74, 6) is 8.97. The monoisotopic (exact) mass is 230 g/mol. The summed E-state index contributed by atoms with van der Waals surface area (Å²) in [5, 5.41) is 7.57. The first-order valence-corrected chi connectivity index (χ1v) is 4.63. The van der Waals surface area contributed by atoms with Gasteiger partial charge in [0.05, 0.1) is 0 Å². The second-order valence-corrected chi connectivity index (χ2v) is 4.26. The number of hydrazine groups is 2. The molecule has 0 aromatic heterocycles. The number of azo groups is 1. The van der Waals surface area contributed by atoms with Crippen molar-refractivity contribution in [1.29, 1.82) is 0 Å². The molecular formula is C8H18N6O2. The maximum atomic E-state index is 11.3. The van der Waals surface area contributed by atoms with Gasteiger partial charge in [-0.3, -0.25) is 20.4 Å². The lowest BCUT2D eigenvalue weighted by atomic mass is 10.1. The first kappa shape index (κ1) is 14.5. The van der Waals surface area contributed by atoms with Crippen molar-refractivity contribution in [2.24, 2.45) is 21.9 Å². The van der Waals surface area contributed by atoms with Gasteiger partial charge in [0.15, 0.2) is 11.1 Å². The van der Waals surface area contributed by atoms with Crippen molar-refractivity contribution in [3.8, 4) is 0 Å². The van der Waals surface area contributed by atoms with Crippen molar-refractivity contribution >= 4 is 11.8 Å². The van der Waals surface area contributed by atoms with E-state index in [0.29, 0.717) is 0 Å². The standard InChI is InChI=1S/C8H18N6O2/c1-7(2,5(15)11-9)13-14-8(3,4)6(16)12-10/h9-10H2,1-4H3,(H,11,15)(H,12,16). The predicted molar refractivity (Wildman–Crippen MR) is 57.7 cm³/mol. The van der Waals surface area contributed by atoms with Crippen LogP contribution in [0.25, 0.3) is 0 Å². The number of nitrogens with two attached hydrogens (primary N) is 2. The van der Waals surface area contributed by atoms with Crippen LogP contribution in [-0.2, 0) is 9.59 Å². The summed E-state index contributed by atoms with van der Waals surface area (Å²) < 4.78 is 0. The van der Waals surface area contributed by atoms with E-state index < -0.39 is 22.9 Å². The minimum absolute atomic E-state index is 0.500. The second kappa shape index (κ2) is 4.99. The lowest BCUT2D eigenvalue weighted by Crippen LogP contribution is -2.46. The van der Waals surface area contributed by atoms with E-state index in [2.05, 4.69) is 10.2 Å². The van der Waals surface area contributed by atoms with Gasteiger partial charge in [0.25, 0.3) is 11.8 Å². The van der Waals surface area contributed by atoms with E-state index in [-0.39, 0.29) is 0 Å². The molecule has 8 heteroatoms. The summed E-state index contributed by atoms with van der Waals surface area (Å²) in [4.78, 5) is 22.5. The maximum Gasteiger partial charge on any atom is 0.263 e. The summed E-state index contributed by atoms with van der Waals surface area (Å²) in [7, 11) is 0. The highest BCUT2D eigenvalue weighted by Gasteiger charge is 2.31. The SMILES string of the molecule is CC(C)(N=NC(C)(C)C(=O)NN)C(=O)NN. The molecule has 0 rings (SSSR count). The Balaban J connectivity index is 4.84. The predicted octanol–water partition coefficient (Wildman–Crippen LogP) is -1.02. The van der Waals surface area contributed by atoms with E-state index in [1.54, 1.807) is 0 Å². The van der Waals surface area contributed by atoms with Gasteiger partial charge in [-0.15, -0.1) is 0 Å². The summed E-state index contributed by atoms with van der Waals surface area (Å²) in [6, 6.07) is 0. The molecule has 2 amide bonds. The molecule has 0 aliphatic heterocycles. The van der Waals surface area contributed by atoms with Crippen molar-refractivity contribution in [2.75, 3.05) is 0 Å². The van der Waals surface area contributed by atoms with E-state index in [1.165, 1.54) is 27.7 Å². The number of amides is 2. The smallest absolute Gasteiger partial charge is 0.263 e. The van der Waals surface area contributed by atoms with Crippen LogP contribution in [0, 0.1) is 0 Å². The highest BCUT2D eigenvalue weighted by atomic mass is 16.2. The first-order chi connectivity index (χ1) is 7.17. The number of rotatable bonds is 4. The van der Waals surface area contributed by atoms with E-state index in [9.17, 15) is 9.59 Å². The van der Waals surface area contributed by atoms with Crippen molar-refractivity contribution in [2.45, 2.75) is 38.8 Å². The Hall–Kier alpha value is -1.54. The lowest BCUT2D eigenvalue weighted by molar-refractivity contribution is -0.127. The topological polar surface area (TPSA) is 135 Å². The molecule has 0 atom stereocenters. The third kappa shape index (κ3) is 3.55. The van der Waals surface area contributed by atoms with E-state index in [1.807, 2.05) is 10.9 Å². The van der Waals surface area contributed by atoms with E-state index in [0.717, 1.165) is 0 Å². The normalized spacial score (nSPS) is 12.6. The zero-order valence-electron chi connectivity index (χ0n) is 9.87. The zero-order chi connectivity index (χ0) is 13.0. The van der Waals surface area contributed by atoms with Gasteiger partial charge < -0.3 is 0 Å². The molecule has 0 aromatic carbocycles. The molecule has 0 saturated carbocycles. The number of carbonyl (C=O) groups excluding carboxylic acids is 2. The molecule has 0 aliphatic carbocycles. The number of nitrogens with zero attached hydrogens (tertiary/aromatic N) is 2. The number of nitrogens with one attached hydrogen (secondary N) is 2. The van der Waals surface area contributed by atoms with Crippen LogP contribution < -0.4 is 22.5 Å². The van der Waals surface area contributed by atoms with Crippen molar-refractivity contribution in [3.63, 3.8) is 0 Å². The molecule has 0 heterocycles. The molecule has 0 aromatic rings. The van der Waals surface area contributed by atoms with Gasteiger partial charge in [-0.2, -0.15) is 10.2 Å². The van der Waals surface area contributed by atoms with Crippen LogP contribution in [0.4, 0.5) is 0 Å². The average molecular weight is 230 g/mol. The Labute approximate surface area is 93.8 Å². The summed E-state index contributed by atoms with van der Waals surface area (Å²) in [6.07, 6.45) is 0. The highest BCUT2D eigenvalue weighted by molar-refractivity contribution is 5.86. The fourth-order valence-electron chi connectivity index (χ4n) is 0.694. The highest BCUT2D eigenvalue weighted by Crippen LogP contribution is 2.15. The summed E-state index contributed by atoms with van der Waals surface area (Å²) >= 11 is 0. The molecule has 0 fully saturated rings. The second-order valence-electron chi connectivity index (χ2n) is 4.26. The molecule has 0 saturated heterocycles. The number of hydrogen-bond donors (Lipinski definition) is 4.